The van der Waals surface area contributed by atoms with Crippen LogP contribution in [-0.2, 0) is 4.79 Å². The highest BCUT2D eigenvalue weighted by atomic mass is 16.2. The van der Waals surface area contributed by atoms with Crippen LogP contribution in [0.3, 0.4) is 0 Å². The molecule has 1 amide bonds. The van der Waals surface area contributed by atoms with Gasteiger partial charge in [-0.2, -0.15) is 0 Å². The van der Waals surface area contributed by atoms with Gasteiger partial charge in [0, 0.05) is 26.4 Å². The van der Waals surface area contributed by atoms with E-state index in [0.29, 0.717) is 11.6 Å². The van der Waals surface area contributed by atoms with Crippen molar-refractivity contribution in [3.63, 3.8) is 0 Å². The Kier molecular flexibility index (Phi) is 5.19. The molecule has 0 atom stereocenters. The molecular formula is C13H23N3O. The van der Waals surface area contributed by atoms with Crippen molar-refractivity contribution in [2.45, 2.75) is 26.7 Å². The van der Waals surface area contributed by atoms with Crippen LogP contribution in [0.5, 0.6) is 0 Å². The van der Waals surface area contributed by atoms with Crippen molar-refractivity contribution < 1.29 is 4.79 Å². The zero-order valence-corrected chi connectivity index (χ0v) is 11.0. The first kappa shape index (κ1) is 13.7. The highest BCUT2D eigenvalue weighted by Crippen LogP contribution is 2.24. The number of carbonyl (C=O) groups is 1. The number of hydrogen-bond donors (Lipinski definition) is 2. The van der Waals surface area contributed by atoms with Crippen molar-refractivity contribution >= 4 is 12.1 Å². The predicted molar refractivity (Wildman–Crippen MR) is 70.1 cm³/mol. The third kappa shape index (κ3) is 3.58. The van der Waals surface area contributed by atoms with Gasteiger partial charge in [0.1, 0.15) is 5.70 Å². The van der Waals surface area contributed by atoms with Crippen LogP contribution >= 0.6 is 0 Å². The zero-order valence-electron chi connectivity index (χ0n) is 11.0. The zero-order chi connectivity index (χ0) is 12.8. The number of amides is 1. The third-order valence-corrected chi connectivity index (χ3v) is 3.52. The molecule has 1 aliphatic heterocycles. The second-order valence-corrected chi connectivity index (χ2v) is 4.87. The summed E-state index contributed by atoms with van der Waals surface area (Å²) in [7, 11) is 1.72. The summed E-state index contributed by atoms with van der Waals surface area (Å²) in [6, 6.07) is 0. The van der Waals surface area contributed by atoms with E-state index in [-0.39, 0.29) is 5.91 Å². The monoisotopic (exact) mass is 237 g/mol. The maximum absolute atomic E-state index is 12.1. The maximum Gasteiger partial charge on any atom is 0.269 e. The van der Waals surface area contributed by atoms with Gasteiger partial charge in [0.25, 0.3) is 5.91 Å². The summed E-state index contributed by atoms with van der Waals surface area (Å²) in [4.78, 5) is 14.0. The molecule has 1 saturated heterocycles. The van der Waals surface area contributed by atoms with Gasteiger partial charge in [-0.05, 0) is 30.8 Å². The van der Waals surface area contributed by atoms with Crippen molar-refractivity contribution in [3.05, 3.63) is 11.8 Å². The van der Waals surface area contributed by atoms with E-state index in [9.17, 15) is 4.79 Å². The summed E-state index contributed by atoms with van der Waals surface area (Å²) in [6.07, 6.45) is 4.83. The SMILES string of the molecule is CN/C(=C\C=N)C(=O)N1CCC(C(C)C)CC1. The first-order chi connectivity index (χ1) is 8.10. The van der Waals surface area contributed by atoms with Crippen LogP contribution in [0.25, 0.3) is 0 Å². The van der Waals surface area contributed by atoms with Gasteiger partial charge in [-0.25, -0.2) is 0 Å². The van der Waals surface area contributed by atoms with Crippen LogP contribution < -0.4 is 5.32 Å². The lowest BCUT2D eigenvalue weighted by Crippen LogP contribution is -2.42. The summed E-state index contributed by atoms with van der Waals surface area (Å²) in [5, 5.41) is 9.87. The number of nitrogens with one attached hydrogen (secondary N) is 2. The average molecular weight is 237 g/mol. The largest absolute Gasteiger partial charge is 0.384 e. The van der Waals surface area contributed by atoms with E-state index in [1.807, 2.05) is 4.90 Å². The van der Waals surface area contributed by atoms with Crippen LogP contribution in [-0.4, -0.2) is 37.2 Å². The molecule has 0 saturated carbocycles. The molecule has 0 aromatic rings. The van der Waals surface area contributed by atoms with Crippen LogP contribution in [0.1, 0.15) is 26.7 Å². The lowest BCUT2D eigenvalue weighted by molar-refractivity contribution is -0.129. The topological polar surface area (TPSA) is 56.2 Å². The van der Waals surface area contributed by atoms with Crippen molar-refractivity contribution in [3.8, 4) is 0 Å². The Morgan fingerprint density at radius 1 is 1.41 bits per heavy atom. The predicted octanol–water partition coefficient (Wildman–Crippen LogP) is 1.63. The second-order valence-electron chi connectivity index (χ2n) is 4.87. The van der Waals surface area contributed by atoms with Gasteiger partial charge in [0.15, 0.2) is 0 Å². The minimum Gasteiger partial charge on any atom is -0.384 e. The van der Waals surface area contributed by atoms with E-state index in [1.54, 1.807) is 7.05 Å². The molecule has 0 spiro atoms. The number of likely N-dealkylation sites (tertiary alicyclic amines) is 1. The number of piperidine rings is 1. The first-order valence-electron chi connectivity index (χ1n) is 6.28. The molecule has 0 radical (unpaired) electrons. The Balaban J connectivity index is 2.56. The van der Waals surface area contributed by atoms with Crippen molar-refractivity contribution in [1.82, 2.24) is 10.2 Å². The molecule has 0 aliphatic carbocycles. The number of allylic oxidation sites excluding steroid dienone is 1. The summed E-state index contributed by atoms with van der Waals surface area (Å²) in [6.45, 7) is 6.16. The molecule has 4 nitrogen and oxygen atoms in total. The van der Waals surface area contributed by atoms with Crippen LogP contribution in [0.15, 0.2) is 11.8 Å². The lowest BCUT2D eigenvalue weighted by Gasteiger charge is -2.34. The van der Waals surface area contributed by atoms with Crippen molar-refractivity contribution in [1.29, 1.82) is 5.41 Å². The quantitative estimate of drug-likeness (QED) is 0.577. The molecule has 1 aliphatic rings. The Bertz CT molecular complexity index is 302. The minimum absolute atomic E-state index is 0.0122. The molecule has 0 bridgehead atoms. The highest BCUT2D eigenvalue weighted by Gasteiger charge is 2.25. The van der Waals surface area contributed by atoms with Crippen molar-refractivity contribution in [2.75, 3.05) is 20.1 Å². The summed E-state index contributed by atoms with van der Waals surface area (Å²) < 4.78 is 0. The smallest absolute Gasteiger partial charge is 0.269 e. The summed E-state index contributed by atoms with van der Waals surface area (Å²) >= 11 is 0. The van der Waals surface area contributed by atoms with Crippen LogP contribution in [0, 0.1) is 17.2 Å². The number of rotatable bonds is 4. The van der Waals surface area contributed by atoms with E-state index in [1.165, 1.54) is 6.08 Å². The first-order valence-corrected chi connectivity index (χ1v) is 6.28. The molecule has 17 heavy (non-hydrogen) atoms. The molecule has 0 aromatic heterocycles. The maximum atomic E-state index is 12.1. The molecule has 96 valence electrons. The van der Waals surface area contributed by atoms with Gasteiger partial charge in [0.05, 0.1) is 0 Å². The fourth-order valence-corrected chi connectivity index (χ4v) is 2.28. The Morgan fingerprint density at radius 3 is 2.41 bits per heavy atom. The molecule has 4 heteroatoms. The Morgan fingerprint density at radius 2 is 2.00 bits per heavy atom. The molecular weight excluding hydrogens is 214 g/mol. The Labute approximate surface area is 104 Å². The van der Waals surface area contributed by atoms with Gasteiger partial charge in [-0.1, -0.05) is 13.8 Å². The summed E-state index contributed by atoms with van der Waals surface area (Å²) in [5.41, 5.74) is 0.503. The van der Waals surface area contributed by atoms with E-state index in [4.69, 9.17) is 5.41 Å². The van der Waals surface area contributed by atoms with Crippen LogP contribution in [0.4, 0.5) is 0 Å². The number of likely N-dealkylation sites (N-methyl/N-ethyl adjacent to an activating group) is 1. The standard InChI is InChI=1S/C13H23N3O/c1-10(2)11-5-8-16(9-6-11)13(17)12(15-3)4-7-14/h4,7,10-11,14-15H,5-6,8-9H2,1-3H3/b12-4-,14-7?. The normalized spacial score (nSPS) is 18.4. The minimum atomic E-state index is 0.0122. The summed E-state index contributed by atoms with van der Waals surface area (Å²) in [5.74, 6) is 1.45. The highest BCUT2D eigenvalue weighted by molar-refractivity contribution is 5.96. The Hall–Kier alpha value is -1.32. The molecule has 1 fully saturated rings. The molecule has 0 unspecified atom stereocenters. The van der Waals surface area contributed by atoms with Gasteiger partial charge in [0.2, 0.25) is 0 Å². The average Bonchev–Trinajstić information content (AvgIpc) is 2.35. The fourth-order valence-electron chi connectivity index (χ4n) is 2.28. The number of nitrogens with zero attached hydrogens (tertiary/aromatic N) is 1. The lowest BCUT2D eigenvalue weighted by atomic mass is 9.86. The fraction of sp³-hybridized carbons (Fsp3) is 0.692. The van der Waals surface area contributed by atoms with Crippen LogP contribution in [0.2, 0.25) is 0 Å². The third-order valence-electron chi connectivity index (χ3n) is 3.52. The van der Waals surface area contributed by atoms with Gasteiger partial charge < -0.3 is 15.6 Å². The molecule has 1 heterocycles. The van der Waals surface area contributed by atoms with E-state index in [0.717, 1.165) is 38.1 Å². The van der Waals surface area contributed by atoms with E-state index >= 15 is 0 Å². The molecule has 1 rings (SSSR count). The van der Waals surface area contributed by atoms with Gasteiger partial charge in [-0.15, -0.1) is 0 Å². The number of carbonyl (C=O) groups excluding carboxylic acids is 1. The van der Waals surface area contributed by atoms with E-state index < -0.39 is 0 Å². The van der Waals surface area contributed by atoms with E-state index in [2.05, 4.69) is 19.2 Å². The second kappa shape index (κ2) is 6.42. The van der Waals surface area contributed by atoms with Crippen molar-refractivity contribution in [2.24, 2.45) is 11.8 Å². The van der Waals surface area contributed by atoms with Gasteiger partial charge >= 0.3 is 0 Å². The molecule has 0 aromatic carbocycles. The number of hydrogen-bond acceptors (Lipinski definition) is 3. The van der Waals surface area contributed by atoms with Gasteiger partial charge in [-0.3, -0.25) is 4.79 Å². The molecule has 2 N–H and O–H groups in total.